The Morgan fingerprint density at radius 3 is 2.80 bits per heavy atom. The molecule has 0 unspecified atom stereocenters. The summed E-state index contributed by atoms with van der Waals surface area (Å²) in [7, 11) is 1.48. The summed E-state index contributed by atoms with van der Waals surface area (Å²) in [5, 5.41) is 12.9. The van der Waals surface area contributed by atoms with Gasteiger partial charge in [-0.3, -0.25) is 0 Å². The molecule has 2 heterocycles. The first kappa shape index (κ1) is 13.0. The molecule has 2 aromatic rings. The molecule has 1 aliphatic carbocycles. The zero-order valence-corrected chi connectivity index (χ0v) is 11.7. The van der Waals surface area contributed by atoms with Crippen LogP contribution in [0.15, 0.2) is 10.3 Å². The predicted molar refractivity (Wildman–Crippen MR) is 70.2 cm³/mol. The second-order valence-electron chi connectivity index (χ2n) is 4.41. The maximum absolute atomic E-state index is 5.61. The lowest BCUT2D eigenvalue weighted by Crippen LogP contribution is -2.09. The molecule has 10 heteroatoms. The van der Waals surface area contributed by atoms with Gasteiger partial charge >= 0.3 is 6.01 Å². The molecule has 2 N–H and O–H groups in total. The number of tetrazole rings is 1. The van der Waals surface area contributed by atoms with Crippen LogP contribution in [0.2, 0.25) is 0 Å². The number of anilines is 1. The Labute approximate surface area is 119 Å². The molecule has 2 aromatic heterocycles. The molecule has 0 atom stereocenters. The Hall–Kier alpha value is -1.97. The van der Waals surface area contributed by atoms with Crippen LogP contribution in [-0.2, 0) is 0 Å². The molecule has 106 valence electrons. The highest BCUT2D eigenvalue weighted by molar-refractivity contribution is 7.99. The van der Waals surface area contributed by atoms with E-state index in [0.717, 1.165) is 12.8 Å². The molecule has 0 bridgehead atoms. The molecule has 0 radical (unpaired) electrons. The van der Waals surface area contributed by atoms with Gasteiger partial charge in [-0.1, -0.05) is 12.8 Å². The lowest BCUT2D eigenvalue weighted by Gasteiger charge is -2.10. The molecule has 1 fully saturated rings. The number of aromatic nitrogens is 7. The van der Waals surface area contributed by atoms with Crippen LogP contribution in [0, 0.1) is 0 Å². The maximum Gasteiger partial charge on any atom is 0.321 e. The minimum Gasteiger partial charge on any atom is -0.467 e. The van der Waals surface area contributed by atoms with Crippen molar-refractivity contribution >= 4 is 17.7 Å². The van der Waals surface area contributed by atoms with Gasteiger partial charge in [0.2, 0.25) is 16.3 Å². The number of nitrogens with zero attached hydrogens (tertiary/aromatic N) is 7. The smallest absolute Gasteiger partial charge is 0.321 e. The van der Waals surface area contributed by atoms with Gasteiger partial charge in [0.05, 0.1) is 13.2 Å². The third-order valence-corrected chi connectivity index (χ3v) is 3.93. The predicted octanol–water partition coefficient (Wildman–Crippen LogP) is 0.715. The number of ether oxygens (including phenoxy) is 1. The van der Waals surface area contributed by atoms with Crippen molar-refractivity contribution in [1.29, 1.82) is 0 Å². The average Bonchev–Trinajstić information content (AvgIpc) is 3.08. The highest BCUT2D eigenvalue weighted by Crippen LogP contribution is 2.33. The molecule has 0 spiro atoms. The standard InChI is InChI=1S/C10H14N8OS/c1-19-8-12-7(11)13-9(14-8)20-10-15-16-17-18(10)6-4-2-3-5-6/h6H,2-5H2,1H3,(H2,11,12,13,14). The molecule has 0 aliphatic heterocycles. The number of methoxy groups -OCH3 is 1. The molecule has 1 saturated carbocycles. The van der Waals surface area contributed by atoms with Crippen molar-refractivity contribution in [2.45, 2.75) is 42.0 Å². The van der Waals surface area contributed by atoms with Crippen LogP contribution < -0.4 is 10.5 Å². The van der Waals surface area contributed by atoms with Crippen molar-refractivity contribution in [2.75, 3.05) is 12.8 Å². The first-order chi connectivity index (χ1) is 9.76. The first-order valence-corrected chi connectivity index (χ1v) is 7.09. The van der Waals surface area contributed by atoms with Gasteiger partial charge < -0.3 is 10.5 Å². The monoisotopic (exact) mass is 294 g/mol. The number of hydrogen-bond donors (Lipinski definition) is 1. The molecule has 0 aromatic carbocycles. The normalized spacial score (nSPS) is 15.7. The summed E-state index contributed by atoms with van der Waals surface area (Å²) in [6, 6.07) is 0.536. The van der Waals surface area contributed by atoms with Crippen molar-refractivity contribution in [3.8, 4) is 6.01 Å². The molecule has 0 amide bonds. The van der Waals surface area contributed by atoms with Crippen LogP contribution in [0.5, 0.6) is 6.01 Å². The molecule has 20 heavy (non-hydrogen) atoms. The van der Waals surface area contributed by atoms with Gasteiger partial charge in [0.15, 0.2) is 0 Å². The average molecular weight is 294 g/mol. The zero-order chi connectivity index (χ0) is 13.9. The van der Waals surface area contributed by atoms with Gasteiger partial charge in [0, 0.05) is 0 Å². The minimum atomic E-state index is 0.110. The van der Waals surface area contributed by atoms with E-state index in [2.05, 4.69) is 30.5 Å². The van der Waals surface area contributed by atoms with Crippen LogP contribution in [0.25, 0.3) is 0 Å². The fraction of sp³-hybridized carbons (Fsp3) is 0.600. The van der Waals surface area contributed by atoms with Crippen LogP contribution in [0.1, 0.15) is 31.7 Å². The number of nitrogens with two attached hydrogens (primary N) is 1. The van der Waals surface area contributed by atoms with Crippen LogP contribution in [0.4, 0.5) is 5.95 Å². The van der Waals surface area contributed by atoms with Crippen molar-refractivity contribution in [2.24, 2.45) is 0 Å². The molecule has 1 aliphatic rings. The van der Waals surface area contributed by atoms with Gasteiger partial charge in [-0.15, -0.1) is 5.10 Å². The topological polar surface area (TPSA) is 118 Å². The van der Waals surface area contributed by atoms with Gasteiger partial charge in [0.1, 0.15) is 0 Å². The highest BCUT2D eigenvalue weighted by Gasteiger charge is 2.22. The summed E-state index contributed by atoms with van der Waals surface area (Å²) < 4.78 is 6.81. The Kier molecular flexibility index (Phi) is 3.63. The fourth-order valence-electron chi connectivity index (χ4n) is 2.20. The summed E-state index contributed by atoms with van der Waals surface area (Å²) in [4.78, 5) is 12.0. The fourth-order valence-corrected chi connectivity index (χ4v) is 2.98. The van der Waals surface area contributed by atoms with Crippen LogP contribution >= 0.6 is 11.8 Å². The van der Waals surface area contributed by atoms with Gasteiger partial charge in [-0.05, 0) is 35.0 Å². The maximum atomic E-state index is 5.61. The molecular formula is C10H14N8OS. The Morgan fingerprint density at radius 1 is 1.25 bits per heavy atom. The zero-order valence-electron chi connectivity index (χ0n) is 10.9. The van der Waals surface area contributed by atoms with E-state index in [1.54, 1.807) is 0 Å². The van der Waals surface area contributed by atoms with Gasteiger partial charge in [0.25, 0.3) is 0 Å². The number of nitrogen functional groups attached to an aromatic ring is 1. The minimum absolute atomic E-state index is 0.110. The Bertz CT molecular complexity index is 597. The second kappa shape index (κ2) is 5.57. The summed E-state index contributed by atoms with van der Waals surface area (Å²) in [5.74, 6) is 0.110. The van der Waals surface area contributed by atoms with Crippen molar-refractivity contribution in [1.82, 2.24) is 35.2 Å². The van der Waals surface area contributed by atoms with E-state index in [0.29, 0.717) is 16.4 Å². The van der Waals surface area contributed by atoms with E-state index in [1.807, 2.05) is 4.68 Å². The number of hydrogen-bond acceptors (Lipinski definition) is 9. The Morgan fingerprint density at radius 2 is 2.05 bits per heavy atom. The van der Waals surface area contributed by atoms with Gasteiger partial charge in [-0.25, -0.2) is 4.68 Å². The molecule has 0 saturated heterocycles. The lowest BCUT2D eigenvalue weighted by atomic mass is 10.3. The quantitative estimate of drug-likeness (QED) is 0.869. The summed E-state index contributed by atoms with van der Waals surface area (Å²) in [5.41, 5.74) is 5.61. The number of rotatable bonds is 4. The summed E-state index contributed by atoms with van der Waals surface area (Å²) in [6.45, 7) is 0. The van der Waals surface area contributed by atoms with E-state index in [-0.39, 0.29) is 12.0 Å². The van der Waals surface area contributed by atoms with Crippen molar-refractivity contribution < 1.29 is 4.74 Å². The van der Waals surface area contributed by atoms with E-state index in [9.17, 15) is 0 Å². The third kappa shape index (κ3) is 2.64. The van der Waals surface area contributed by atoms with E-state index >= 15 is 0 Å². The third-order valence-electron chi connectivity index (χ3n) is 3.11. The molecule has 9 nitrogen and oxygen atoms in total. The summed E-state index contributed by atoms with van der Waals surface area (Å²) >= 11 is 1.26. The SMILES string of the molecule is COc1nc(N)nc(Sc2nnnn2C2CCCC2)n1. The second-order valence-corrected chi connectivity index (χ2v) is 5.34. The largest absolute Gasteiger partial charge is 0.467 e. The lowest BCUT2D eigenvalue weighted by molar-refractivity contribution is 0.374. The highest BCUT2D eigenvalue weighted by atomic mass is 32.2. The molecular weight excluding hydrogens is 280 g/mol. The van der Waals surface area contributed by atoms with Gasteiger partial charge in [-0.2, -0.15) is 15.0 Å². The van der Waals surface area contributed by atoms with E-state index < -0.39 is 0 Å². The Balaban J connectivity index is 1.84. The van der Waals surface area contributed by atoms with Crippen molar-refractivity contribution in [3.63, 3.8) is 0 Å². The van der Waals surface area contributed by atoms with Crippen LogP contribution in [-0.4, -0.2) is 42.3 Å². The van der Waals surface area contributed by atoms with Crippen molar-refractivity contribution in [3.05, 3.63) is 0 Å². The first-order valence-electron chi connectivity index (χ1n) is 6.27. The summed E-state index contributed by atoms with van der Waals surface area (Å²) in [6.07, 6.45) is 4.62. The van der Waals surface area contributed by atoms with Crippen LogP contribution in [0.3, 0.4) is 0 Å². The van der Waals surface area contributed by atoms with E-state index in [1.165, 1.54) is 31.7 Å². The van der Waals surface area contributed by atoms with E-state index in [4.69, 9.17) is 10.5 Å². The molecule has 3 rings (SSSR count).